The van der Waals surface area contributed by atoms with Crippen molar-refractivity contribution < 1.29 is 0 Å². The van der Waals surface area contributed by atoms with Crippen LogP contribution in [0, 0.1) is 6.92 Å². The summed E-state index contributed by atoms with van der Waals surface area (Å²) < 4.78 is 0. The standard InChI is InChI=1S/C16H20N2/c1-3-4-5-6-14-11-17-16(18-12-14)15-9-7-13(2)8-10-15/h7-12H,3-6H2,1-2H3. The van der Waals surface area contributed by atoms with Gasteiger partial charge in [0.1, 0.15) is 0 Å². The lowest BCUT2D eigenvalue weighted by Gasteiger charge is -2.03. The zero-order valence-electron chi connectivity index (χ0n) is 11.2. The van der Waals surface area contributed by atoms with E-state index in [1.165, 1.54) is 30.4 Å². The molecule has 0 bridgehead atoms. The molecule has 0 radical (unpaired) electrons. The summed E-state index contributed by atoms with van der Waals surface area (Å²) in [6.45, 7) is 4.30. The maximum atomic E-state index is 4.45. The Kier molecular flexibility index (Phi) is 4.46. The van der Waals surface area contributed by atoms with Crippen LogP contribution in [0.3, 0.4) is 0 Å². The minimum absolute atomic E-state index is 0.814. The maximum absolute atomic E-state index is 4.45. The van der Waals surface area contributed by atoms with E-state index in [0.29, 0.717) is 0 Å². The third-order valence-corrected chi connectivity index (χ3v) is 3.08. The van der Waals surface area contributed by atoms with Crippen molar-refractivity contribution in [1.29, 1.82) is 0 Å². The molecule has 2 aromatic rings. The number of aryl methyl sites for hydroxylation is 2. The highest BCUT2D eigenvalue weighted by molar-refractivity contribution is 5.54. The molecule has 0 saturated carbocycles. The summed E-state index contributed by atoms with van der Waals surface area (Å²) in [5, 5.41) is 0. The first-order chi connectivity index (χ1) is 8.79. The molecular weight excluding hydrogens is 220 g/mol. The Morgan fingerprint density at radius 1 is 0.944 bits per heavy atom. The van der Waals surface area contributed by atoms with Crippen LogP contribution in [-0.4, -0.2) is 9.97 Å². The molecule has 1 aromatic heterocycles. The molecule has 2 heteroatoms. The Bertz CT molecular complexity index is 471. The van der Waals surface area contributed by atoms with E-state index in [0.717, 1.165) is 17.8 Å². The average molecular weight is 240 g/mol. The molecule has 1 heterocycles. The molecule has 2 rings (SSSR count). The van der Waals surface area contributed by atoms with Crippen LogP contribution < -0.4 is 0 Å². The third kappa shape index (κ3) is 3.39. The Morgan fingerprint density at radius 2 is 1.61 bits per heavy atom. The van der Waals surface area contributed by atoms with Crippen LogP contribution in [0.25, 0.3) is 11.4 Å². The van der Waals surface area contributed by atoms with Gasteiger partial charge in [-0.15, -0.1) is 0 Å². The summed E-state index contributed by atoms with van der Waals surface area (Å²) >= 11 is 0. The summed E-state index contributed by atoms with van der Waals surface area (Å²) in [5.74, 6) is 0.814. The van der Waals surface area contributed by atoms with Crippen molar-refractivity contribution in [3.63, 3.8) is 0 Å². The highest BCUT2D eigenvalue weighted by Gasteiger charge is 2.01. The summed E-state index contributed by atoms with van der Waals surface area (Å²) in [6.07, 6.45) is 8.75. The first kappa shape index (κ1) is 12.7. The molecule has 18 heavy (non-hydrogen) atoms. The molecule has 0 aliphatic carbocycles. The van der Waals surface area contributed by atoms with Crippen molar-refractivity contribution in [2.45, 2.75) is 39.5 Å². The summed E-state index contributed by atoms with van der Waals surface area (Å²) in [4.78, 5) is 8.89. The second-order valence-corrected chi connectivity index (χ2v) is 4.74. The lowest BCUT2D eigenvalue weighted by molar-refractivity contribution is 0.714. The number of nitrogens with zero attached hydrogens (tertiary/aromatic N) is 2. The molecule has 0 fully saturated rings. The van der Waals surface area contributed by atoms with Gasteiger partial charge < -0.3 is 0 Å². The van der Waals surface area contributed by atoms with Crippen LogP contribution in [0.1, 0.15) is 37.3 Å². The van der Waals surface area contributed by atoms with Gasteiger partial charge in [0.25, 0.3) is 0 Å². The molecule has 2 nitrogen and oxygen atoms in total. The van der Waals surface area contributed by atoms with E-state index < -0.39 is 0 Å². The summed E-state index contributed by atoms with van der Waals surface area (Å²) in [7, 11) is 0. The lowest BCUT2D eigenvalue weighted by Crippen LogP contribution is -1.93. The molecule has 0 N–H and O–H groups in total. The van der Waals surface area contributed by atoms with E-state index in [1.807, 2.05) is 12.4 Å². The van der Waals surface area contributed by atoms with Gasteiger partial charge in [-0.1, -0.05) is 49.6 Å². The predicted octanol–water partition coefficient (Wildman–Crippen LogP) is 4.18. The average Bonchev–Trinajstić information content (AvgIpc) is 2.41. The first-order valence-electron chi connectivity index (χ1n) is 6.67. The fraction of sp³-hybridized carbons (Fsp3) is 0.375. The Morgan fingerprint density at radius 3 is 2.22 bits per heavy atom. The highest BCUT2D eigenvalue weighted by Crippen LogP contribution is 2.15. The minimum atomic E-state index is 0.814. The second kappa shape index (κ2) is 6.29. The number of aromatic nitrogens is 2. The lowest BCUT2D eigenvalue weighted by atomic mass is 10.1. The summed E-state index contributed by atoms with van der Waals surface area (Å²) in [6, 6.07) is 8.32. The van der Waals surface area contributed by atoms with E-state index in [1.54, 1.807) is 0 Å². The largest absolute Gasteiger partial charge is 0.236 e. The van der Waals surface area contributed by atoms with Crippen LogP contribution in [0.15, 0.2) is 36.7 Å². The molecule has 0 aliphatic heterocycles. The van der Waals surface area contributed by atoms with Crippen molar-refractivity contribution >= 4 is 0 Å². The fourth-order valence-corrected chi connectivity index (χ4v) is 1.91. The number of rotatable bonds is 5. The van der Waals surface area contributed by atoms with Crippen LogP contribution in [-0.2, 0) is 6.42 Å². The quantitative estimate of drug-likeness (QED) is 0.732. The monoisotopic (exact) mass is 240 g/mol. The third-order valence-electron chi connectivity index (χ3n) is 3.08. The van der Waals surface area contributed by atoms with Gasteiger partial charge in [-0.2, -0.15) is 0 Å². The van der Waals surface area contributed by atoms with Crippen LogP contribution in [0.2, 0.25) is 0 Å². The van der Waals surface area contributed by atoms with E-state index in [4.69, 9.17) is 0 Å². The predicted molar refractivity (Wildman–Crippen MR) is 75.4 cm³/mol. The van der Waals surface area contributed by atoms with E-state index in [2.05, 4.69) is 48.1 Å². The molecule has 94 valence electrons. The van der Waals surface area contributed by atoms with Gasteiger partial charge >= 0.3 is 0 Å². The molecule has 0 amide bonds. The second-order valence-electron chi connectivity index (χ2n) is 4.74. The molecule has 1 aromatic carbocycles. The first-order valence-corrected chi connectivity index (χ1v) is 6.67. The molecular formula is C16H20N2. The van der Waals surface area contributed by atoms with Crippen molar-refractivity contribution in [2.75, 3.05) is 0 Å². The zero-order chi connectivity index (χ0) is 12.8. The number of hydrogen-bond acceptors (Lipinski definition) is 2. The zero-order valence-corrected chi connectivity index (χ0v) is 11.2. The minimum Gasteiger partial charge on any atom is -0.236 e. The molecule has 0 saturated heterocycles. The van der Waals surface area contributed by atoms with Gasteiger partial charge in [0, 0.05) is 18.0 Å². The fourth-order valence-electron chi connectivity index (χ4n) is 1.91. The van der Waals surface area contributed by atoms with Gasteiger partial charge in [-0.25, -0.2) is 9.97 Å². The van der Waals surface area contributed by atoms with Crippen molar-refractivity contribution in [3.8, 4) is 11.4 Å². The van der Waals surface area contributed by atoms with Crippen LogP contribution in [0.5, 0.6) is 0 Å². The molecule has 0 unspecified atom stereocenters. The summed E-state index contributed by atoms with van der Waals surface area (Å²) in [5.41, 5.74) is 3.58. The van der Waals surface area contributed by atoms with E-state index in [-0.39, 0.29) is 0 Å². The smallest absolute Gasteiger partial charge is 0.159 e. The Labute approximate surface area is 109 Å². The Balaban J connectivity index is 2.05. The molecule has 0 atom stereocenters. The topological polar surface area (TPSA) is 25.8 Å². The Hall–Kier alpha value is -1.70. The van der Waals surface area contributed by atoms with Crippen LogP contribution >= 0.6 is 0 Å². The van der Waals surface area contributed by atoms with Gasteiger partial charge in [0.2, 0.25) is 0 Å². The van der Waals surface area contributed by atoms with E-state index >= 15 is 0 Å². The number of benzene rings is 1. The van der Waals surface area contributed by atoms with Gasteiger partial charge in [-0.05, 0) is 25.3 Å². The molecule has 0 spiro atoms. The van der Waals surface area contributed by atoms with Gasteiger partial charge in [0.05, 0.1) is 0 Å². The van der Waals surface area contributed by atoms with Crippen molar-refractivity contribution in [1.82, 2.24) is 9.97 Å². The maximum Gasteiger partial charge on any atom is 0.159 e. The normalized spacial score (nSPS) is 10.6. The van der Waals surface area contributed by atoms with Crippen LogP contribution in [0.4, 0.5) is 0 Å². The van der Waals surface area contributed by atoms with Crippen molar-refractivity contribution in [3.05, 3.63) is 47.8 Å². The van der Waals surface area contributed by atoms with Gasteiger partial charge in [-0.3, -0.25) is 0 Å². The number of unbranched alkanes of at least 4 members (excludes halogenated alkanes) is 2. The SMILES string of the molecule is CCCCCc1cnc(-c2ccc(C)cc2)nc1. The highest BCUT2D eigenvalue weighted by atomic mass is 14.9. The van der Waals surface area contributed by atoms with Crippen molar-refractivity contribution in [2.24, 2.45) is 0 Å². The number of hydrogen-bond donors (Lipinski definition) is 0. The van der Waals surface area contributed by atoms with E-state index in [9.17, 15) is 0 Å². The molecule has 0 aliphatic rings. The van der Waals surface area contributed by atoms with Gasteiger partial charge in [0.15, 0.2) is 5.82 Å².